The molecule has 7 unspecified atom stereocenters. The van der Waals surface area contributed by atoms with Crippen LogP contribution in [0.4, 0.5) is 0 Å². The third kappa shape index (κ3) is 6.09. The van der Waals surface area contributed by atoms with Crippen molar-refractivity contribution >= 4 is 0 Å². The quantitative estimate of drug-likeness (QED) is 0.414. The SMILES string of the molecule is CCC1O[C@@H](C)C(C)[C@@H](C)[C@@H]1O[C@@H]1OC(COC2OC(CC)[C@H](C)[C@H](C)C2C)[C@@H](OC)[C@H](C)C1C. The van der Waals surface area contributed by atoms with Gasteiger partial charge < -0.3 is 28.4 Å². The van der Waals surface area contributed by atoms with Gasteiger partial charge in [0.15, 0.2) is 12.6 Å². The van der Waals surface area contributed by atoms with Crippen molar-refractivity contribution in [3.05, 3.63) is 0 Å². The molecule has 0 aliphatic carbocycles. The second-order valence-corrected chi connectivity index (χ2v) is 11.9. The highest BCUT2D eigenvalue weighted by atomic mass is 16.7. The number of rotatable bonds is 8. The summed E-state index contributed by atoms with van der Waals surface area (Å²) in [5, 5.41) is 0. The van der Waals surface area contributed by atoms with E-state index in [1.165, 1.54) is 0 Å². The highest BCUT2D eigenvalue weighted by Gasteiger charge is 2.47. The van der Waals surface area contributed by atoms with Gasteiger partial charge in [-0.3, -0.25) is 0 Å². The second-order valence-electron chi connectivity index (χ2n) is 11.9. The Morgan fingerprint density at radius 1 is 0.543 bits per heavy atom. The molecule has 3 rings (SSSR count). The van der Waals surface area contributed by atoms with E-state index < -0.39 is 0 Å². The summed E-state index contributed by atoms with van der Waals surface area (Å²) in [6.45, 7) is 22.8. The van der Waals surface area contributed by atoms with Gasteiger partial charge in [-0.15, -0.1) is 0 Å². The van der Waals surface area contributed by atoms with Crippen molar-refractivity contribution < 1.29 is 28.4 Å². The van der Waals surface area contributed by atoms with Gasteiger partial charge in [-0.1, -0.05) is 62.3 Å². The van der Waals surface area contributed by atoms with Gasteiger partial charge >= 0.3 is 0 Å². The Morgan fingerprint density at radius 2 is 1.11 bits per heavy atom. The first-order valence-electron chi connectivity index (χ1n) is 14.3. The fourth-order valence-electron chi connectivity index (χ4n) is 6.49. The predicted octanol–water partition coefficient (Wildman–Crippen LogP) is 5.91. The molecule has 0 bridgehead atoms. The zero-order valence-corrected chi connectivity index (χ0v) is 24.2. The number of hydrogen-bond acceptors (Lipinski definition) is 6. The lowest BCUT2D eigenvalue weighted by atomic mass is 9.78. The molecule has 6 heteroatoms. The monoisotopic (exact) mass is 498 g/mol. The molecular formula is C29H54O6. The molecule has 3 fully saturated rings. The summed E-state index contributed by atoms with van der Waals surface area (Å²) in [6, 6.07) is 0. The summed E-state index contributed by atoms with van der Waals surface area (Å²) >= 11 is 0. The van der Waals surface area contributed by atoms with Crippen LogP contribution in [0.2, 0.25) is 0 Å². The summed E-state index contributed by atoms with van der Waals surface area (Å²) in [5.41, 5.74) is 0. The van der Waals surface area contributed by atoms with Crippen LogP contribution in [0.1, 0.15) is 82.1 Å². The molecule has 206 valence electrons. The molecular weight excluding hydrogens is 444 g/mol. The van der Waals surface area contributed by atoms with Crippen LogP contribution < -0.4 is 0 Å². The van der Waals surface area contributed by atoms with E-state index in [0.29, 0.717) is 36.2 Å². The number of methoxy groups -OCH3 is 1. The summed E-state index contributed by atoms with van der Waals surface area (Å²) in [6.07, 6.45) is 1.71. The van der Waals surface area contributed by atoms with Crippen molar-refractivity contribution in [3.8, 4) is 0 Å². The molecule has 35 heavy (non-hydrogen) atoms. The lowest BCUT2D eigenvalue weighted by molar-refractivity contribution is -0.324. The van der Waals surface area contributed by atoms with Crippen molar-refractivity contribution in [2.24, 2.45) is 41.4 Å². The Hall–Kier alpha value is -0.240. The van der Waals surface area contributed by atoms with E-state index in [0.717, 1.165) is 12.8 Å². The van der Waals surface area contributed by atoms with Crippen LogP contribution in [0, 0.1) is 41.4 Å². The first-order valence-corrected chi connectivity index (χ1v) is 14.3. The van der Waals surface area contributed by atoms with Gasteiger partial charge in [0.25, 0.3) is 0 Å². The topological polar surface area (TPSA) is 55.4 Å². The van der Waals surface area contributed by atoms with Crippen LogP contribution in [0.5, 0.6) is 0 Å². The van der Waals surface area contributed by atoms with Crippen LogP contribution in [-0.2, 0) is 28.4 Å². The molecule has 3 aliphatic heterocycles. The van der Waals surface area contributed by atoms with E-state index in [2.05, 4.69) is 69.2 Å². The maximum Gasteiger partial charge on any atom is 0.161 e. The van der Waals surface area contributed by atoms with E-state index >= 15 is 0 Å². The van der Waals surface area contributed by atoms with E-state index in [9.17, 15) is 0 Å². The Labute approximate surface area is 215 Å². The summed E-state index contributed by atoms with van der Waals surface area (Å²) in [5.74, 6) is 2.71. The first-order chi connectivity index (χ1) is 16.5. The molecule has 0 amide bonds. The van der Waals surface area contributed by atoms with Crippen LogP contribution in [0.3, 0.4) is 0 Å². The predicted molar refractivity (Wildman–Crippen MR) is 138 cm³/mol. The van der Waals surface area contributed by atoms with Crippen LogP contribution in [-0.4, -0.2) is 62.9 Å². The molecule has 15 atom stereocenters. The highest BCUT2D eigenvalue weighted by Crippen LogP contribution is 2.40. The zero-order chi connectivity index (χ0) is 26.0. The Balaban J connectivity index is 1.70. The Bertz CT molecular complexity index is 641. The summed E-state index contributed by atoms with van der Waals surface area (Å²) < 4.78 is 38.5. The first kappa shape index (κ1) is 29.3. The molecule has 3 heterocycles. The minimum Gasteiger partial charge on any atom is -0.378 e. The van der Waals surface area contributed by atoms with Crippen molar-refractivity contribution in [1.29, 1.82) is 0 Å². The van der Waals surface area contributed by atoms with Gasteiger partial charge in [0.2, 0.25) is 0 Å². The van der Waals surface area contributed by atoms with Crippen molar-refractivity contribution in [1.82, 2.24) is 0 Å². The molecule has 3 saturated heterocycles. The van der Waals surface area contributed by atoms with Gasteiger partial charge in [0.05, 0.1) is 37.1 Å². The normalized spacial score (nSPS) is 51.3. The van der Waals surface area contributed by atoms with Gasteiger partial charge in [-0.05, 0) is 49.4 Å². The van der Waals surface area contributed by atoms with E-state index in [1.54, 1.807) is 7.11 Å². The molecule has 0 radical (unpaired) electrons. The van der Waals surface area contributed by atoms with Gasteiger partial charge in [0.1, 0.15) is 6.10 Å². The fourth-order valence-corrected chi connectivity index (χ4v) is 6.49. The zero-order valence-electron chi connectivity index (χ0n) is 24.2. The summed E-state index contributed by atoms with van der Waals surface area (Å²) in [7, 11) is 1.77. The maximum atomic E-state index is 6.76. The second kappa shape index (κ2) is 12.5. The minimum atomic E-state index is -0.317. The fraction of sp³-hybridized carbons (Fsp3) is 1.00. The molecule has 0 saturated carbocycles. The van der Waals surface area contributed by atoms with E-state index in [1.807, 2.05) is 0 Å². The molecule has 0 spiro atoms. The van der Waals surface area contributed by atoms with Crippen molar-refractivity contribution in [2.45, 2.75) is 131 Å². The largest absolute Gasteiger partial charge is 0.378 e. The maximum absolute atomic E-state index is 6.76. The standard InChI is InChI=1S/C29H54O6/c1-12-23-17(5)15(3)20(8)28(33-23)31-14-25-26(30-11)19(7)21(9)29(34-25)35-27-18(6)16(4)22(10)32-24(27)13-2/h15-29H,12-14H2,1-11H3/t15-,16?,17+,18+,19+,20?,21?,22-,23?,24?,25?,26-,27-,28?,29-/m0/s1. The average Bonchev–Trinajstić information content (AvgIpc) is 2.85. The molecule has 0 aromatic heterocycles. The number of ether oxygens (including phenoxy) is 6. The van der Waals surface area contributed by atoms with E-state index in [4.69, 9.17) is 28.4 Å². The van der Waals surface area contributed by atoms with Crippen LogP contribution in [0.25, 0.3) is 0 Å². The highest BCUT2D eigenvalue weighted by molar-refractivity contribution is 4.91. The van der Waals surface area contributed by atoms with Crippen molar-refractivity contribution in [2.75, 3.05) is 13.7 Å². The van der Waals surface area contributed by atoms with E-state index in [-0.39, 0.29) is 61.0 Å². The molecule has 3 aliphatic rings. The van der Waals surface area contributed by atoms with Crippen LogP contribution >= 0.6 is 0 Å². The Morgan fingerprint density at radius 3 is 1.71 bits per heavy atom. The van der Waals surface area contributed by atoms with Gasteiger partial charge in [0, 0.05) is 18.9 Å². The minimum absolute atomic E-state index is 0.0147. The Kier molecular flexibility index (Phi) is 10.5. The average molecular weight is 499 g/mol. The molecule has 0 aromatic rings. The lowest BCUT2D eigenvalue weighted by Crippen LogP contribution is -2.57. The molecule has 0 N–H and O–H groups in total. The molecule has 0 aromatic carbocycles. The summed E-state index contributed by atoms with van der Waals surface area (Å²) in [4.78, 5) is 0. The van der Waals surface area contributed by atoms with Crippen LogP contribution in [0.15, 0.2) is 0 Å². The number of hydrogen-bond donors (Lipinski definition) is 0. The lowest BCUT2D eigenvalue weighted by Gasteiger charge is -2.49. The smallest absolute Gasteiger partial charge is 0.161 e. The van der Waals surface area contributed by atoms with Gasteiger partial charge in [-0.2, -0.15) is 0 Å². The third-order valence-corrected chi connectivity index (χ3v) is 10.1. The molecule has 6 nitrogen and oxygen atoms in total. The third-order valence-electron chi connectivity index (χ3n) is 10.1. The van der Waals surface area contributed by atoms with Gasteiger partial charge in [-0.25, -0.2) is 0 Å². The van der Waals surface area contributed by atoms with Crippen molar-refractivity contribution in [3.63, 3.8) is 0 Å².